The van der Waals surface area contributed by atoms with Crippen molar-refractivity contribution in [2.45, 2.75) is 26.8 Å². The van der Waals surface area contributed by atoms with Gasteiger partial charge in [0.15, 0.2) is 0 Å². The Morgan fingerprint density at radius 3 is 2.83 bits per heavy atom. The molecule has 0 aliphatic carbocycles. The first-order valence-corrected chi connectivity index (χ1v) is 8.11. The van der Waals surface area contributed by atoms with Crippen molar-refractivity contribution in [2.24, 2.45) is 5.92 Å². The molecule has 0 bridgehead atoms. The molecule has 1 amide bonds. The van der Waals surface area contributed by atoms with Gasteiger partial charge in [-0.1, -0.05) is 30.3 Å². The van der Waals surface area contributed by atoms with E-state index in [4.69, 9.17) is 4.74 Å². The van der Waals surface area contributed by atoms with Crippen LogP contribution in [0.5, 0.6) is 0 Å². The van der Waals surface area contributed by atoms with Gasteiger partial charge in [-0.2, -0.15) is 5.10 Å². The van der Waals surface area contributed by atoms with E-state index in [0.29, 0.717) is 26.3 Å². The van der Waals surface area contributed by atoms with E-state index in [9.17, 15) is 4.79 Å². The number of hydrogen-bond acceptors (Lipinski definition) is 3. The van der Waals surface area contributed by atoms with Crippen molar-refractivity contribution >= 4 is 5.91 Å². The van der Waals surface area contributed by atoms with E-state index in [1.165, 1.54) is 11.1 Å². The number of hydrogen-bond donors (Lipinski definition) is 1. The van der Waals surface area contributed by atoms with Gasteiger partial charge in [-0.25, -0.2) is 0 Å². The summed E-state index contributed by atoms with van der Waals surface area (Å²) in [7, 11) is 0. The fraction of sp³-hybridized carbons (Fsp3) is 0.444. The van der Waals surface area contributed by atoms with Gasteiger partial charge >= 0.3 is 0 Å². The maximum Gasteiger partial charge on any atom is 0.225 e. The van der Waals surface area contributed by atoms with Crippen LogP contribution in [-0.2, 0) is 16.1 Å². The van der Waals surface area contributed by atoms with Gasteiger partial charge in [-0.05, 0) is 25.8 Å². The third kappa shape index (κ3) is 3.45. The lowest BCUT2D eigenvalue weighted by Gasteiger charge is -2.10. The van der Waals surface area contributed by atoms with Gasteiger partial charge in [-0.3, -0.25) is 9.48 Å². The van der Waals surface area contributed by atoms with E-state index in [-0.39, 0.29) is 11.8 Å². The average Bonchev–Trinajstić information content (AvgIpc) is 3.17. The van der Waals surface area contributed by atoms with Crippen molar-refractivity contribution in [1.29, 1.82) is 0 Å². The lowest BCUT2D eigenvalue weighted by atomic mass is 10.0. The maximum atomic E-state index is 12.0. The molecule has 122 valence electrons. The summed E-state index contributed by atoms with van der Waals surface area (Å²) in [5, 5.41) is 7.61. The molecule has 0 spiro atoms. The first kappa shape index (κ1) is 15.7. The Morgan fingerprint density at radius 1 is 1.35 bits per heavy atom. The number of carbonyl (C=O) groups excluding carboxylic acids is 1. The monoisotopic (exact) mass is 313 g/mol. The number of amides is 1. The summed E-state index contributed by atoms with van der Waals surface area (Å²) >= 11 is 0. The van der Waals surface area contributed by atoms with Crippen LogP contribution in [0.4, 0.5) is 0 Å². The highest BCUT2D eigenvalue weighted by atomic mass is 16.5. The first-order valence-electron chi connectivity index (χ1n) is 8.11. The summed E-state index contributed by atoms with van der Waals surface area (Å²) in [6, 6.07) is 10.3. The molecule has 1 atom stereocenters. The van der Waals surface area contributed by atoms with Crippen molar-refractivity contribution in [1.82, 2.24) is 15.1 Å². The molecule has 1 aliphatic heterocycles. The van der Waals surface area contributed by atoms with Crippen LogP contribution in [0.15, 0.2) is 30.3 Å². The van der Waals surface area contributed by atoms with Crippen LogP contribution in [0.1, 0.15) is 17.8 Å². The number of benzene rings is 1. The second-order valence-corrected chi connectivity index (χ2v) is 5.99. The lowest BCUT2D eigenvalue weighted by Crippen LogP contribution is -2.33. The van der Waals surface area contributed by atoms with Gasteiger partial charge in [0.2, 0.25) is 5.91 Å². The molecule has 1 aromatic heterocycles. The highest BCUT2D eigenvalue weighted by Crippen LogP contribution is 2.26. The third-order valence-corrected chi connectivity index (χ3v) is 4.37. The molecule has 5 nitrogen and oxygen atoms in total. The molecule has 23 heavy (non-hydrogen) atoms. The van der Waals surface area contributed by atoms with E-state index in [1.54, 1.807) is 0 Å². The smallest absolute Gasteiger partial charge is 0.225 e. The number of ether oxygens (including phenoxy) is 1. The minimum Gasteiger partial charge on any atom is -0.381 e. The van der Waals surface area contributed by atoms with E-state index in [0.717, 1.165) is 17.8 Å². The summed E-state index contributed by atoms with van der Waals surface area (Å²) < 4.78 is 7.23. The Kier molecular flexibility index (Phi) is 4.76. The summed E-state index contributed by atoms with van der Waals surface area (Å²) in [5.74, 6) is 0.0997. The number of nitrogens with one attached hydrogen (secondary N) is 1. The topological polar surface area (TPSA) is 56.2 Å². The fourth-order valence-electron chi connectivity index (χ4n) is 3.11. The van der Waals surface area contributed by atoms with Gasteiger partial charge in [0, 0.05) is 24.4 Å². The number of aromatic nitrogens is 2. The summed E-state index contributed by atoms with van der Waals surface area (Å²) in [5.41, 5.74) is 4.51. The SMILES string of the molecule is Cc1nn(CCNC(=O)[C@@H]2CCOC2)c(C)c1-c1ccccc1. The zero-order chi connectivity index (χ0) is 16.2. The van der Waals surface area contributed by atoms with Gasteiger partial charge in [-0.15, -0.1) is 0 Å². The Hall–Kier alpha value is -2.14. The van der Waals surface area contributed by atoms with Crippen LogP contribution in [0.3, 0.4) is 0 Å². The molecule has 5 heteroatoms. The number of carbonyl (C=O) groups is 1. The van der Waals surface area contributed by atoms with Crippen LogP contribution in [0, 0.1) is 19.8 Å². The Labute approximate surface area is 136 Å². The van der Waals surface area contributed by atoms with Crippen LogP contribution in [0.2, 0.25) is 0 Å². The largest absolute Gasteiger partial charge is 0.381 e. The standard InChI is InChI=1S/C18H23N3O2/c1-13-17(15-6-4-3-5-7-15)14(2)21(20-13)10-9-19-18(22)16-8-11-23-12-16/h3-7,16H,8-12H2,1-2H3,(H,19,22)/t16-/m1/s1. The normalized spacial score (nSPS) is 17.4. The Balaban J connectivity index is 1.64. The zero-order valence-electron chi connectivity index (χ0n) is 13.7. The van der Waals surface area contributed by atoms with E-state index in [2.05, 4.69) is 29.5 Å². The van der Waals surface area contributed by atoms with Crippen molar-refractivity contribution < 1.29 is 9.53 Å². The van der Waals surface area contributed by atoms with E-state index >= 15 is 0 Å². The fourth-order valence-corrected chi connectivity index (χ4v) is 3.11. The van der Waals surface area contributed by atoms with Crippen LogP contribution < -0.4 is 5.32 Å². The van der Waals surface area contributed by atoms with Gasteiger partial charge in [0.05, 0.1) is 24.8 Å². The van der Waals surface area contributed by atoms with Crippen molar-refractivity contribution in [3.63, 3.8) is 0 Å². The van der Waals surface area contributed by atoms with Crippen LogP contribution >= 0.6 is 0 Å². The van der Waals surface area contributed by atoms with Gasteiger partial charge in [0.1, 0.15) is 0 Å². The molecule has 2 heterocycles. The van der Waals surface area contributed by atoms with Crippen molar-refractivity contribution in [2.75, 3.05) is 19.8 Å². The second-order valence-electron chi connectivity index (χ2n) is 5.99. The molecule has 1 N–H and O–H groups in total. The molecule has 1 saturated heterocycles. The highest BCUT2D eigenvalue weighted by molar-refractivity contribution is 5.78. The molecule has 0 unspecified atom stereocenters. The van der Waals surface area contributed by atoms with Crippen LogP contribution in [0.25, 0.3) is 11.1 Å². The molecular weight excluding hydrogens is 290 g/mol. The minimum atomic E-state index is 0.00957. The first-order chi connectivity index (χ1) is 11.2. The van der Waals surface area contributed by atoms with Gasteiger partial charge < -0.3 is 10.1 Å². The van der Waals surface area contributed by atoms with Crippen molar-refractivity contribution in [3.05, 3.63) is 41.7 Å². The highest BCUT2D eigenvalue weighted by Gasteiger charge is 2.23. The second kappa shape index (κ2) is 6.96. The predicted molar refractivity (Wildman–Crippen MR) is 89.1 cm³/mol. The minimum absolute atomic E-state index is 0.00957. The summed E-state index contributed by atoms with van der Waals surface area (Å²) in [6.45, 7) is 6.61. The molecule has 2 aromatic rings. The van der Waals surface area contributed by atoms with E-state index in [1.807, 2.05) is 29.8 Å². The Bertz CT molecular complexity index is 673. The molecule has 3 rings (SSSR count). The molecule has 0 radical (unpaired) electrons. The van der Waals surface area contributed by atoms with E-state index < -0.39 is 0 Å². The molecule has 1 fully saturated rings. The Morgan fingerprint density at radius 2 is 2.13 bits per heavy atom. The quantitative estimate of drug-likeness (QED) is 0.921. The summed E-state index contributed by atoms with van der Waals surface area (Å²) in [4.78, 5) is 12.0. The number of rotatable bonds is 5. The molecular formula is C18H23N3O2. The average molecular weight is 313 g/mol. The van der Waals surface area contributed by atoms with Crippen molar-refractivity contribution in [3.8, 4) is 11.1 Å². The third-order valence-electron chi connectivity index (χ3n) is 4.37. The molecule has 0 saturated carbocycles. The summed E-state index contributed by atoms with van der Waals surface area (Å²) in [6.07, 6.45) is 0.823. The van der Waals surface area contributed by atoms with Crippen LogP contribution in [-0.4, -0.2) is 35.4 Å². The number of aryl methyl sites for hydroxylation is 1. The zero-order valence-corrected chi connectivity index (χ0v) is 13.7. The maximum absolute atomic E-state index is 12.0. The number of nitrogens with zero attached hydrogens (tertiary/aromatic N) is 2. The lowest BCUT2D eigenvalue weighted by molar-refractivity contribution is -0.124. The predicted octanol–water partition coefficient (Wildman–Crippen LogP) is 2.32. The molecule has 1 aliphatic rings. The van der Waals surface area contributed by atoms with Gasteiger partial charge in [0.25, 0.3) is 0 Å². The molecule has 1 aromatic carbocycles.